The third kappa shape index (κ3) is 4.51. The van der Waals surface area contributed by atoms with E-state index in [2.05, 4.69) is 26.1 Å². The molecule has 4 unspecified atom stereocenters. The summed E-state index contributed by atoms with van der Waals surface area (Å²) in [7, 11) is 0. The molecule has 2 nitrogen and oxygen atoms in total. The van der Waals surface area contributed by atoms with Crippen molar-refractivity contribution in [2.75, 3.05) is 6.54 Å². The third-order valence-electron chi connectivity index (χ3n) is 3.90. The Morgan fingerprint density at radius 3 is 2.47 bits per heavy atom. The standard InChI is InChI=1S/C13H25F2NO/c1-8(2)10-5-4-9(3)6-11(10)16-7-12(17)13(14)15/h8-13,16-17H,4-7H2,1-3H3. The van der Waals surface area contributed by atoms with Gasteiger partial charge in [-0.05, 0) is 30.6 Å². The first-order valence-corrected chi connectivity index (χ1v) is 6.61. The van der Waals surface area contributed by atoms with E-state index in [9.17, 15) is 8.78 Å². The maximum Gasteiger partial charge on any atom is 0.265 e. The summed E-state index contributed by atoms with van der Waals surface area (Å²) in [6, 6.07) is 0.271. The second-order valence-corrected chi connectivity index (χ2v) is 5.74. The highest BCUT2D eigenvalue weighted by molar-refractivity contribution is 4.86. The van der Waals surface area contributed by atoms with Crippen LogP contribution in [0.4, 0.5) is 8.78 Å². The van der Waals surface area contributed by atoms with Gasteiger partial charge in [-0.3, -0.25) is 0 Å². The molecule has 1 rings (SSSR count). The molecular formula is C13H25F2NO. The molecular weight excluding hydrogens is 224 g/mol. The van der Waals surface area contributed by atoms with Gasteiger partial charge in [-0.15, -0.1) is 0 Å². The fourth-order valence-electron chi connectivity index (χ4n) is 2.80. The van der Waals surface area contributed by atoms with Crippen molar-refractivity contribution in [1.82, 2.24) is 5.32 Å². The van der Waals surface area contributed by atoms with Crippen LogP contribution in [0, 0.1) is 17.8 Å². The normalized spacial score (nSPS) is 32.1. The summed E-state index contributed by atoms with van der Waals surface area (Å²) in [4.78, 5) is 0. The summed E-state index contributed by atoms with van der Waals surface area (Å²) in [5, 5.41) is 12.3. The number of hydrogen-bond donors (Lipinski definition) is 2. The molecule has 4 atom stereocenters. The Morgan fingerprint density at radius 1 is 1.29 bits per heavy atom. The van der Waals surface area contributed by atoms with Gasteiger partial charge in [0.25, 0.3) is 6.43 Å². The summed E-state index contributed by atoms with van der Waals surface area (Å²) in [6.07, 6.45) is -0.792. The highest BCUT2D eigenvalue weighted by Crippen LogP contribution is 2.33. The first kappa shape index (κ1) is 14.8. The van der Waals surface area contributed by atoms with Crippen LogP contribution in [0.1, 0.15) is 40.0 Å². The van der Waals surface area contributed by atoms with Gasteiger partial charge in [0, 0.05) is 12.6 Å². The summed E-state index contributed by atoms with van der Waals surface area (Å²) in [5.41, 5.74) is 0. The van der Waals surface area contributed by atoms with E-state index >= 15 is 0 Å². The second kappa shape index (κ2) is 6.64. The van der Waals surface area contributed by atoms with Crippen LogP contribution in [0.15, 0.2) is 0 Å². The Kier molecular flexibility index (Phi) is 5.80. The third-order valence-corrected chi connectivity index (χ3v) is 3.90. The zero-order valence-electron chi connectivity index (χ0n) is 11.0. The van der Waals surface area contributed by atoms with Crippen LogP contribution in [0.25, 0.3) is 0 Å². The van der Waals surface area contributed by atoms with E-state index in [1.54, 1.807) is 0 Å². The van der Waals surface area contributed by atoms with Crippen LogP contribution in [-0.4, -0.2) is 30.2 Å². The predicted molar refractivity (Wildman–Crippen MR) is 65.1 cm³/mol. The molecule has 0 heterocycles. The van der Waals surface area contributed by atoms with Crippen LogP contribution < -0.4 is 5.32 Å². The Morgan fingerprint density at radius 2 is 1.94 bits per heavy atom. The highest BCUT2D eigenvalue weighted by atomic mass is 19.3. The van der Waals surface area contributed by atoms with Crippen molar-refractivity contribution >= 4 is 0 Å². The minimum Gasteiger partial charge on any atom is -0.386 e. The summed E-state index contributed by atoms with van der Waals surface area (Å²) < 4.78 is 24.4. The largest absolute Gasteiger partial charge is 0.386 e. The average molecular weight is 249 g/mol. The molecule has 0 aromatic carbocycles. The topological polar surface area (TPSA) is 32.3 Å². The van der Waals surface area contributed by atoms with E-state index in [-0.39, 0.29) is 12.6 Å². The second-order valence-electron chi connectivity index (χ2n) is 5.74. The maximum atomic E-state index is 12.2. The number of rotatable bonds is 5. The highest BCUT2D eigenvalue weighted by Gasteiger charge is 2.31. The zero-order valence-corrected chi connectivity index (χ0v) is 11.0. The number of alkyl halides is 2. The number of halogens is 2. The van der Waals surface area contributed by atoms with Gasteiger partial charge in [0.15, 0.2) is 0 Å². The van der Waals surface area contributed by atoms with Crippen LogP contribution >= 0.6 is 0 Å². The molecule has 0 aromatic rings. The van der Waals surface area contributed by atoms with Gasteiger partial charge in [0.05, 0.1) is 0 Å². The molecule has 0 radical (unpaired) electrons. The summed E-state index contributed by atoms with van der Waals surface area (Å²) in [6.45, 7) is 6.56. The fraction of sp³-hybridized carbons (Fsp3) is 1.00. The number of aliphatic hydroxyl groups excluding tert-OH is 1. The lowest BCUT2D eigenvalue weighted by atomic mass is 9.74. The van der Waals surface area contributed by atoms with E-state index < -0.39 is 12.5 Å². The van der Waals surface area contributed by atoms with Crippen LogP contribution in [-0.2, 0) is 0 Å². The molecule has 1 saturated carbocycles. The maximum absolute atomic E-state index is 12.2. The lowest BCUT2D eigenvalue weighted by Crippen LogP contribution is -2.46. The minimum absolute atomic E-state index is 0.00171. The average Bonchev–Trinajstić information content (AvgIpc) is 2.25. The summed E-state index contributed by atoms with van der Waals surface area (Å²) >= 11 is 0. The molecule has 2 N–H and O–H groups in total. The first-order chi connectivity index (χ1) is 7.91. The van der Waals surface area contributed by atoms with E-state index in [1.807, 2.05) is 0 Å². The lowest BCUT2D eigenvalue weighted by Gasteiger charge is -2.38. The van der Waals surface area contributed by atoms with E-state index in [4.69, 9.17) is 5.11 Å². The molecule has 0 aromatic heterocycles. The molecule has 0 bridgehead atoms. The van der Waals surface area contributed by atoms with Gasteiger partial charge in [0.2, 0.25) is 0 Å². The van der Waals surface area contributed by atoms with Crippen molar-refractivity contribution in [2.45, 2.75) is 58.6 Å². The Bertz CT molecular complexity index is 223. The van der Waals surface area contributed by atoms with Crippen LogP contribution in [0.3, 0.4) is 0 Å². The Hall–Kier alpha value is -0.220. The molecule has 4 heteroatoms. The fourth-order valence-corrected chi connectivity index (χ4v) is 2.80. The van der Waals surface area contributed by atoms with Crippen molar-refractivity contribution < 1.29 is 13.9 Å². The van der Waals surface area contributed by atoms with Gasteiger partial charge in [-0.1, -0.05) is 27.2 Å². The van der Waals surface area contributed by atoms with Gasteiger partial charge < -0.3 is 10.4 Å². The van der Waals surface area contributed by atoms with Gasteiger partial charge in [-0.25, -0.2) is 8.78 Å². The number of aliphatic hydroxyl groups is 1. The molecule has 17 heavy (non-hydrogen) atoms. The SMILES string of the molecule is CC1CCC(C(C)C)C(NCC(O)C(F)F)C1. The van der Waals surface area contributed by atoms with Crippen molar-refractivity contribution in [3.05, 3.63) is 0 Å². The molecule has 0 aliphatic heterocycles. The van der Waals surface area contributed by atoms with Gasteiger partial charge in [0.1, 0.15) is 6.10 Å². The van der Waals surface area contributed by atoms with E-state index in [0.29, 0.717) is 17.8 Å². The van der Waals surface area contributed by atoms with Crippen molar-refractivity contribution in [3.63, 3.8) is 0 Å². The zero-order chi connectivity index (χ0) is 13.0. The first-order valence-electron chi connectivity index (χ1n) is 6.61. The number of hydrogen-bond acceptors (Lipinski definition) is 2. The molecule has 1 fully saturated rings. The Balaban J connectivity index is 2.46. The summed E-state index contributed by atoms with van der Waals surface area (Å²) in [5.74, 6) is 1.74. The monoisotopic (exact) mass is 249 g/mol. The van der Waals surface area contributed by atoms with E-state index in [1.165, 1.54) is 6.42 Å². The van der Waals surface area contributed by atoms with Gasteiger partial charge in [-0.2, -0.15) is 0 Å². The number of nitrogens with one attached hydrogen (secondary N) is 1. The molecule has 1 aliphatic rings. The van der Waals surface area contributed by atoms with Crippen molar-refractivity contribution in [3.8, 4) is 0 Å². The van der Waals surface area contributed by atoms with Crippen LogP contribution in [0.2, 0.25) is 0 Å². The van der Waals surface area contributed by atoms with Crippen LogP contribution in [0.5, 0.6) is 0 Å². The smallest absolute Gasteiger partial charge is 0.265 e. The molecule has 102 valence electrons. The van der Waals surface area contributed by atoms with Crippen molar-refractivity contribution in [1.29, 1.82) is 0 Å². The quantitative estimate of drug-likeness (QED) is 0.785. The molecule has 0 amide bonds. The molecule has 1 aliphatic carbocycles. The van der Waals surface area contributed by atoms with Crippen molar-refractivity contribution in [2.24, 2.45) is 17.8 Å². The Labute approximate surface area is 103 Å². The minimum atomic E-state index is -2.65. The molecule has 0 spiro atoms. The van der Waals surface area contributed by atoms with Gasteiger partial charge >= 0.3 is 0 Å². The van der Waals surface area contributed by atoms with E-state index in [0.717, 1.165) is 12.8 Å². The molecule has 0 saturated heterocycles. The lowest BCUT2D eigenvalue weighted by molar-refractivity contribution is -0.00771. The predicted octanol–water partition coefficient (Wildman–Crippen LogP) is 2.66.